The van der Waals surface area contributed by atoms with Crippen LogP contribution in [0.4, 0.5) is 5.69 Å². The first-order valence-electron chi connectivity index (χ1n) is 8.04. The number of aromatic nitrogens is 1. The average molecular weight is 392 g/mol. The van der Waals surface area contributed by atoms with Gasteiger partial charge in [0.05, 0.1) is 20.8 Å². The van der Waals surface area contributed by atoms with Crippen molar-refractivity contribution in [2.75, 3.05) is 11.5 Å². The summed E-state index contributed by atoms with van der Waals surface area (Å²) in [5, 5.41) is 0. The highest BCUT2D eigenvalue weighted by atomic mass is 32.2. The van der Waals surface area contributed by atoms with Crippen molar-refractivity contribution in [3.63, 3.8) is 0 Å². The molecule has 0 bridgehead atoms. The largest absolute Gasteiger partial charge is 0.454 e. The van der Waals surface area contributed by atoms with Gasteiger partial charge in [0.25, 0.3) is 10.0 Å². The molecule has 0 amide bonds. The van der Waals surface area contributed by atoms with Gasteiger partial charge in [0.2, 0.25) is 6.79 Å². The monoisotopic (exact) mass is 392 g/mol. The highest BCUT2D eigenvalue weighted by Gasteiger charge is 2.19. The number of nitrogens with one attached hydrogen (secondary N) is 1. The van der Waals surface area contributed by atoms with Crippen molar-refractivity contribution >= 4 is 37.3 Å². The lowest BCUT2D eigenvalue weighted by atomic mass is 10.3. The number of rotatable bonds is 5. The fourth-order valence-electron chi connectivity index (χ4n) is 2.82. The first kappa shape index (κ1) is 16.9. The Morgan fingerprint density at radius 1 is 1.15 bits per heavy atom. The minimum absolute atomic E-state index is 0.0832. The molecule has 2 aromatic carbocycles. The van der Waals surface area contributed by atoms with Crippen LogP contribution in [0.3, 0.4) is 0 Å². The first-order chi connectivity index (χ1) is 12.5. The topological polar surface area (TPSA) is 86.6 Å². The molecule has 2 heterocycles. The summed E-state index contributed by atoms with van der Waals surface area (Å²) in [4.78, 5) is 12.1. The molecule has 1 N–H and O–H groups in total. The Morgan fingerprint density at radius 2 is 1.96 bits per heavy atom. The second kappa shape index (κ2) is 6.33. The summed E-state index contributed by atoms with van der Waals surface area (Å²) in [5.74, 6) is 1.08. The van der Waals surface area contributed by atoms with Crippen LogP contribution in [0.5, 0.6) is 11.5 Å². The van der Waals surface area contributed by atoms with Crippen molar-refractivity contribution in [2.45, 2.75) is 24.8 Å². The van der Waals surface area contributed by atoms with Gasteiger partial charge in [-0.1, -0.05) is 18.3 Å². The van der Waals surface area contributed by atoms with Crippen LogP contribution in [0.25, 0.3) is 10.2 Å². The van der Waals surface area contributed by atoms with Gasteiger partial charge in [0.15, 0.2) is 11.5 Å². The number of benzene rings is 2. The van der Waals surface area contributed by atoms with E-state index in [0.29, 0.717) is 28.4 Å². The van der Waals surface area contributed by atoms with Gasteiger partial charge in [-0.25, -0.2) is 8.42 Å². The van der Waals surface area contributed by atoms with Crippen LogP contribution in [0.15, 0.2) is 46.1 Å². The van der Waals surface area contributed by atoms with Crippen LogP contribution >= 0.6 is 11.3 Å². The molecular weight excluding hydrogens is 376 g/mol. The van der Waals surface area contributed by atoms with Crippen molar-refractivity contribution in [1.82, 2.24) is 4.57 Å². The summed E-state index contributed by atoms with van der Waals surface area (Å²) in [6.45, 7) is 2.72. The van der Waals surface area contributed by atoms with E-state index in [1.54, 1.807) is 28.8 Å². The second-order valence-electron chi connectivity index (χ2n) is 5.82. The minimum atomic E-state index is -3.79. The molecule has 0 saturated heterocycles. The zero-order valence-electron chi connectivity index (χ0n) is 13.9. The first-order valence-corrected chi connectivity index (χ1v) is 10.3. The Kier molecular flexibility index (Phi) is 4.12. The maximum atomic E-state index is 12.7. The fraction of sp³-hybridized carbons (Fsp3) is 0.235. The summed E-state index contributed by atoms with van der Waals surface area (Å²) in [6.07, 6.45) is 0.831. The molecule has 7 nitrogen and oxygen atoms in total. The number of ether oxygens (including phenoxy) is 2. The smallest absolute Gasteiger partial charge is 0.308 e. The molecule has 136 valence electrons. The summed E-state index contributed by atoms with van der Waals surface area (Å²) in [5.41, 5.74) is 1.13. The van der Waals surface area contributed by atoms with Crippen molar-refractivity contribution in [1.29, 1.82) is 0 Å². The van der Waals surface area contributed by atoms with Crippen LogP contribution in [0.2, 0.25) is 0 Å². The third-order valence-corrected chi connectivity index (χ3v) is 6.34. The summed E-state index contributed by atoms with van der Waals surface area (Å²) in [7, 11) is -3.79. The van der Waals surface area contributed by atoms with Gasteiger partial charge in [-0.2, -0.15) is 0 Å². The van der Waals surface area contributed by atoms with Gasteiger partial charge in [-0.3, -0.25) is 14.1 Å². The van der Waals surface area contributed by atoms with Gasteiger partial charge in [-0.15, -0.1) is 0 Å². The third kappa shape index (κ3) is 2.93. The SMILES string of the molecule is CCCn1c(=O)sc2cc(S(=O)(=O)Nc3ccc4c(c3)OCO4)ccc21. The van der Waals surface area contributed by atoms with E-state index in [0.717, 1.165) is 23.3 Å². The summed E-state index contributed by atoms with van der Waals surface area (Å²) < 4.78 is 40.7. The summed E-state index contributed by atoms with van der Waals surface area (Å²) in [6, 6.07) is 9.56. The maximum absolute atomic E-state index is 12.7. The van der Waals surface area contributed by atoms with E-state index in [1.807, 2.05) is 6.92 Å². The third-order valence-electron chi connectivity index (χ3n) is 4.02. The number of hydrogen-bond donors (Lipinski definition) is 1. The normalized spacial score (nSPS) is 13.3. The zero-order chi connectivity index (χ0) is 18.3. The Balaban J connectivity index is 1.68. The number of anilines is 1. The lowest BCUT2D eigenvalue weighted by Crippen LogP contribution is -2.13. The molecule has 1 aliphatic rings. The van der Waals surface area contributed by atoms with Gasteiger partial charge < -0.3 is 9.47 Å². The molecule has 0 saturated carbocycles. The average Bonchev–Trinajstić information content (AvgIpc) is 3.18. The van der Waals surface area contributed by atoms with Crippen molar-refractivity contribution < 1.29 is 17.9 Å². The molecular formula is C17H16N2O5S2. The molecule has 4 rings (SSSR count). The van der Waals surface area contributed by atoms with E-state index in [2.05, 4.69) is 4.72 Å². The van der Waals surface area contributed by atoms with Crippen LogP contribution in [-0.4, -0.2) is 19.8 Å². The van der Waals surface area contributed by atoms with Gasteiger partial charge in [0.1, 0.15) is 0 Å². The quantitative estimate of drug-likeness (QED) is 0.721. The van der Waals surface area contributed by atoms with Crippen LogP contribution < -0.4 is 19.1 Å². The molecule has 1 aliphatic heterocycles. The lowest BCUT2D eigenvalue weighted by Gasteiger charge is -2.09. The van der Waals surface area contributed by atoms with Crippen molar-refractivity contribution in [2.24, 2.45) is 0 Å². The number of nitrogens with zero attached hydrogens (tertiary/aromatic N) is 1. The number of fused-ring (bicyclic) bond motifs is 2. The molecule has 0 aliphatic carbocycles. The van der Waals surface area contributed by atoms with Gasteiger partial charge >= 0.3 is 4.87 Å². The molecule has 0 atom stereocenters. The Morgan fingerprint density at radius 3 is 2.77 bits per heavy atom. The second-order valence-corrected chi connectivity index (χ2v) is 8.50. The van der Waals surface area contributed by atoms with E-state index in [1.165, 1.54) is 12.1 Å². The van der Waals surface area contributed by atoms with Crippen molar-refractivity contribution in [3.8, 4) is 11.5 Å². The van der Waals surface area contributed by atoms with E-state index < -0.39 is 10.0 Å². The predicted octanol–water partition coefficient (Wildman–Crippen LogP) is 3.00. The molecule has 0 fully saturated rings. The number of thiazole rings is 1. The molecule has 26 heavy (non-hydrogen) atoms. The maximum Gasteiger partial charge on any atom is 0.308 e. The molecule has 0 unspecified atom stereocenters. The summed E-state index contributed by atoms with van der Waals surface area (Å²) >= 11 is 1.05. The Hall–Kier alpha value is -2.52. The lowest BCUT2D eigenvalue weighted by molar-refractivity contribution is 0.174. The zero-order valence-corrected chi connectivity index (χ0v) is 15.5. The molecule has 9 heteroatoms. The molecule has 3 aromatic rings. The van der Waals surface area contributed by atoms with E-state index >= 15 is 0 Å². The van der Waals surface area contributed by atoms with Crippen molar-refractivity contribution in [3.05, 3.63) is 46.1 Å². The van der Waals surface area contributed by atoms with Crippen LogP contribution in [0, 0.1) is 0 Å². The van der Waals surface area contributed by atoms with E-state index in [4.69, 9.17) is 9.47 Å². The van der Waals surface area contributed by atoms with E-state index in [-0.39, 0.29) is 16.6 Å². The molecule has 0 radical (unpaired) electrons. The standard InChI is InChI=1S/C17H16N2O5S2/c1-2-7-19-13-5-4-12(9-16(13)25-17(19)20)26(21,22)18-11-3-6-14-15(8-11)24-10-23-14/h3-6,8-9,18H,2,7,10H2,1H3. The number of hydrogen-bond acceptors (Lipinski definition) is 6. The van der Waals surface area contributed by atoms with E-state index in [9.17, 15) is 13.2 Å². The highest BCUT2D eigenvalue weighted by Crippen LogP contribution is 2.35. The molecule has 1 aromatic heterocycles. The van der Waals surface area contributed by atoms with Gasteiger partial charge in [-0.05, 0) is 36.8 Å². The van der Waals surface area contributed by atoms with Gasteiger partial charge in [0, 0.05) is 12.6 Å². The van der Waals surface area contributed by atoms with Crippen LogP contribution in [0.1, 0.15) is 13.3 Å². The Labute approximate surface area is 153 Å². The molecule has 0 spiro atoms. The fourth-order valence-corrected chi connectivity index (χ4v) is 4.93. The number of aryl methyl sites for hydroxylation is 1. The highest BCUT2D eigenvalue weighted by molar-refractivity contribution is 7.92. The predicted molar refractivity (Wildman–Crippen MR) is 99.7 cm³/mol. The van der Waals surface area contributed by atoms with Crippen LogP contribution in [-0.2, 0) is 16.6 Å². The minimum Gasteiger partial charge on any atom is -0.454 e. The Bertz CT molecular complexity index is 1150. The number of sulfonamides is 1.